The quantitative estimate of drug-likeness (QED) is 0.794. The van der Waals surface area contributed by atoms with E-state index in [1.165, 1.54) is 0 Å². The van der Waals surface area contributed by atoms with Gasteiger partial charge in [0, 0.05) is 11.6 Å². The van der Waals surface area contributed by atoms with Crippen molar-refractivity contribution < 1.29 is 9.53 Å². The molecule has 0 spiro atoms. The van der Waals surface area contributed by atoms with Gasteiger partial charge >= 0.3 is 0 Å². The van der Waals surface area contributed by atoms with Gasteiger partial charge in [0.05, 0.1) is 0 Å². The Labute approximate surface area is 107 Å². The number of unbranched alkanes of at least 4 members (excludes halogenated alkanes) is 1. The SMILES string of the molecule is CCCCNC(=O)COc1cc(Cl)ccc1C. The number of benzene rings is 1. The first-order valence-corrected chi connectivity index (χ1v) is 6.17. The molecule has 0 fully saturated rings. The Kier molecular flexibility index (Phi) is 5.84. The van der Waals surface area contributed by atoms with Crippen molar-refractivity contribution in [3.05, 3.63) is 28.8 Å². The van der Waals surface area contributed by atoms with E-state index in [1.54, 1.807) is 12.1 Å². The van der Waals surface area contributed by atoms with E-state index in [0.29, 0.717) is 17.3 Å². The third-order valence-electron chi connectivity index (χ3n) is 2.36. The van der Waals surface area contributed by atoms with Gasteiger partial charge in [-0.15, -0.1) is 0 Å². The van der Waals surface area contributed by atoms with E-state index in [1.807, 2.05) is 13.0 Å². The van der Waals surface area contributed by atoms with E-state index >= 15 is 0 Å². The van der Waals surface area contributed by atoms with Gasteiger partial charge in [-0.2, -0.15) is 0 Å². The molecule has 0 radical (unpaired) electrons. The summed E-state index contributed by atoms with van der Waals surface area (Å²) in [4.78, 5) is 11.4. The summed E-state index contributed by atoms with van der Waals surface area (Å²) in [5.74, 6) is 0.556. The minimum absolute atomic E-state index is 0.0326. The van der Waals surface area contributed by atoms with E-state index in [-0.39, 0.29) is 12.5 Å². The van der Waals surface area contributed by atoms with Crippen molar-refractivity contribution in [1.82, 2.24) is 5.32 Å². The Morgan fingerprint density at radius 3 is 2.94 bits per heavy atom. The second kappa shape index (κ2) is 7.17. The van der Waals surface area contributed by atoms with Crippen LogP contribution in [0.25, 0.3) is 0 Å². The van der Waals surface area contributed by atoms with Crippen molar-refractivity contribution in [2.75, 3.05) is 13.2 Å². The molecule has 94 valence electrons. The molecular weight excluding hydrogens is 238 g/mol. The van der Waals surface area contributed by atoms with Crippen LogP contribution in [0.3, 0.4) is 0 Å². The first kappa shape index (κ1) is 13.8. The summed E-state index contributed by atoms with van der Waals surface area (Å²) in [6.07, 6.45) is 2.05. The van der Waals surface area contributed by atoms with Crippen LogP contribution in [0.5, 0.6) is 5.75 Å². The molecule has 1 amide bonds. The summed E-state index contributed by atoms with van der Waals surface area (Å²) >= 11 is 5.85. The van der Waals surface area contributed by atoms with Crippen LogP contribution >= 0.6 is 11.6 Å². The minimum Gasteiger partial charge on any atom is -0.483 e. The molecule has 0 bridgehead atoms. The summed E-state index contributed by atoms with van der Waals surface area (Å²) in [5.41, 5.74) is 0.968. The van der Waals surface area contributed by atoms with Crippen LogP contribution in [-0.2, 0) is 4.79 Å². The lowest BCUT2D eigenvalue weighted by Gasteiger charge is -2.09. The fourth-order valence-corrected chi connectivity index (χ4v) is 1.49. The van der Waals surface area contributed by atoms with Crippen LogP contribution in [0.1, 0.15) is 25.3 Å². The maximum atomic E-state index is 11.4. The molecule has 1 aromatic rings. The largest absolute Gasteiger partial charge is 0.483 e. The number of amides is 1. The highest BCUT2D eigenvalue weighted by atomic mass is 35.5. The number of aryl methyl sites for hydroxylation is 1. The van der Waals surface area contributed by atoms with Crippen molar-refractivity contribution in [3.8, 4) is 5.75 Å². The van der Waals surface area contributed by atoms with Gasteiger partial charge in [0.2, 0.25) is 0 Å². The van der Waals surface area contributed by atoms with Crippen molar-refractivity contribution in [2.45, 2.75) is 26.7 Å². The van der Waals surface area contributed by atoms with Crippen LogP contribution in [-0.4, -0.2) is 19.1 Å². The number of carbonyl (C=O) groups excluding carboxylic acids is 1. The highest BCUT2D eigenvalue weighted by molar-refractivity contribution is 6.30. The molecule has 0 saturated carbocycles. The van der Waals surface area contributed by atoms with E-state index in [4.69, 9.17) is 16.3 Å². The van der Waals surface area contributed by atoms with E-state index in [2.05, 4.69) is 12.2 Å². The van der Waals surface area contributed by atoms with Crippen molar-refractivity contribution >= 4 is 17.5 Å². The number of hydrogen-bond acceptors (Lipinski definition) is 2. The van der Waals surface area contributed by atoms with Crippen molar-refractivity contribution in [2.24, 2.45) is 0 Å². The number of hydrogen-bond donors (Lipinski definition) is 1. The van der Waals surface area contributed by atoms with Crippen LogP contribution in [0, 0.1) is 6.92 Å². The van der Waals surface area contributed by atoms with Gasteiger partial charge in [-0.25, -0.2) is 0 Å². The molecule has 1 aromatic carbocycles. The normalized spacial score (nSPS) is 10.1. The summed E-state index contributed by atoms with van der Waals surface area (Å²) in [6, 6.07) is 5.38. The molecule has 0 heterocycles. The fraction of sp³-hybridized carbons (Fsp3) is 0.462. The van der Waals surface area contributed by atoms with E-state index in [9.17, 15) is 4.79 Å². The lowest BCUT2D eigenvalue weighted by atomic mass is 10.2. The van der Waals surface area contributed by atoms with Crippen molar-refractivity contribution in [1.29, 1.82) is 0 Å². The first-order valence-electron chi connectivity index (χ1n) is 5.79. The number of carbonyl (C=O) groups is 1. The number of ether oxygens (including phenoxy) is 1. The summed E-state index contributed by atoms with van der Waals surface area (Å²) in [7, 11) is 0. The molecular formula is C13H18ClNO2. The Bertz CT molecular complexity index is 380. The fourth-order valence-electron chi connectivity index (χ4n) is 1.33. The first-order chi connectivity index (χ1) is 8.13. The monoisotopic (exact) mass is 255 g/mol. The molecule has 0 aromatic heterocycles. The topological polar surface area (TPSA) is 38.3 Å². The van der Waals surface area contributed by atoms with Gasteiger partial charge in [-0.1, -0.05) is 31.0 Å². The van der Waals surface area contributed by atoms with Gasteiger partial charge in [0.25, 0.3) is 5.91 Å². The molecule has 4 heteroatoms. The van der Waals surface area contributed by atoms with Gasteiger partial charge in [-0.05, 0) is 31.0 Å². The molecule has 0 saturated heterocycles. The second-order valence-electron chi connectivity index (χ2n) is 3.90. The zero-order chi connectivity index (χ0) is 12.7. The maximum Gasteiger partial charge on any atom is 0.257 e. The van der Waals surface area contributed by atoms with Crippen molar-refractivity contribution in [3.63, 3.8) is 0 Å². The molecule has 0 unspecified atom stereocenters. The lowest BCUT2D eigenvalue weighted by Crippen LogP contribution is -2.29. The minimum atomic E-state index is -0.0992. The zero-order valence-corrected chi connectivity index (χ0v) is 11.0. The van der Waals surface area contributed by atoms with Crippen LogP contribution in [0.4, 0.5) is 0 Å². The Balaban J connectivity index is 2.39. The van der Waals surface area contributed by atoms with Gasteiger partial charge < -0.3 is 10.1 Å². The van der Waals surface area contributed by atoms with Gasteiger partial charge in [0.1, 0.15) is 5.75 Å². The highest BCUT2D eigenvalue weighted by Gasteiger charge is 2.04. The number of nitrogens with one attached hydrogen (secondary N) is 1. The Morgan fingerprint density at radius 1 is 1.47 bits per heavy atom. The third-order valence-corrected chi connectivity index (χ3v) is 2.60. The molecule has 0 aliphatic rings. The molecule has 17 heavy (non-hydrogen) atoms. The Morgan fingerprint density at radius 2 is 2.24 bits per heavy atom. The molecule has 1 N–H and O–H groups in total. The van der Waals surface area contributed by atoms with Crippen LogP contribution in [0.15, 0.2) is 18.2 Å². The van der Waals surface area contributed by atoms with Gasteiger partial charge in [0.15, 0.2) is 6.61 Å². The Hall–Kier alpha value is -1.22. The predicted octanol–water partition coefficient (Wildman–Crippen LogP) is 2.94. The zero-order valence-electron chi connectivity index (χ0n) is 10.3. The smallest absolute Gasteiger partial charge is 0.257 e. The summed E-state index contributed by atoms with van der Waals surface area (Å²) < 4.78 is 5.41. The molecule has 0 aliphatic carbocycles. The molecule has 3 nitrogen and oxygen atoms in total. The second-order valence-corrected chi connectivity index (χ2v) is 4.34. The standard InChI is InChI=1S/C13H18ClNO2/c1-3-4-7-15-13(16)9-17-12-8-11(14)6-5-10(12)2/h5-6,8H,3-4,7,9H2,1-2H3,(H,15,16). The van der Waals surface area contributed by atoms with Crippen LogP contribution in [0.2, 0.25) is 5.02 Å². The van der Waals surface area contributed by atoms with E-state index < -0.39 is 0 Å². The molecule has 1 rings (SSSR count). The predicted molar refractivity (Wildman–Crippen MR) is 69.6 cm³/mol. The van der Waals surface area contributed by atoms with Crippen LogP contribution < -0.4 is 10.1 Å². The maximum absolute atomic E-state index is 11.4. The molecule has 0 aliphatic heterocycles. The third kappa shape index (κ3) is 5.09. The number of halogens is 1. The van der Waals surface area contributed by atoms with E-state index in [0.717, 1.165) is 18.4 Å². The summed E-state index contributed by atoms with van der Waals surface area (Å²) in [6.45, 7) is 4.73. The average molecular weight is 256 g/mol. The summed E-state index contributed by atoms with van der Waals surface area (Å²) in [5, 5.41) is 3.40. The number of rotatable bonds is 6. The molecule has 0 atom stereocenters. The average Bonchev–Trinajstić information content (AvgIpc) is 2.31. The lowest BCUT2D eigenvalue weighted by molar-refractivity contribution is -0.123. The highest BCUT2D eigenvalue weighted by Crippen LogP contribution is 2.22. The van der Waals surface area contributed by atoms with Gasteiger partial charge in [-0.3, -0.25) is 4.79 Å².